The first-order valence-corrected chi connectivity index (χ1v) is 6.34. The number of hydrogen-bond donors (Lipinski definition) is 2. The van der Waals surface area contributed by atoms with E-state index in [4.69, 9.17) is 0 Å². The van der Waals surface area contributed by atoms with Crippen LogP contribution < -0.4 is 5.32 Å². The number of nitrogens with one attached hydrogen (secondary N) is 1. The van der Waals surface area contributed by atoms with Gasteiger partial charge in [0.05, 0.1) is 0 Å². The molecule has 16 heavy (non-hydrogen) atoms. The van der Waals surface area contributed by atoms with E-state index in [1.54, 1.807) is 6.07 Å². The van der Waals surface area contributed by atoms with Crippen LogP contribution in [0.1, 0.15) is 31.2 Å². The molecule has 1 heterocycles. The molecule has 1 aliphatic rings. The van der Waals surface area contributed by atoms with Crippen molar-refractivity contribution in [2.45, 2.75) is 32.1 Å². The third-order valence-electron chi connectivity index (χ3n) is 3.51. The number of phenolic OH excluding ortho intramolecular Hbond substituents is 1. The minimum absolute atomic E-state index is 0.452. The van der Waals surface area contributed by atoms with Crippen molar-refractivity contribution < 1.29 is 5.11 Å². The van der Waals surface area contributed by atoms with E-state index in [-0.39, 0.29) is 0 Å². The maximum absolute atomic E-state index is 9.64. The molecule has 0 unspecified atom stereocenters. The zero-order chi connectivity index (χ0) is 11.2. The summed E-state index contributed by atoms with van der Waals surface area (Å²) in [5.74, 6) is 1.35. The molecule has 1 aromatic carbocycles. The first-order chi connectivity index (χ1) is 7.86. The molecule has 2 heteroatoms. The average molecular weight is 219 g/mol. The van der Waals surface area contributed by atoms with Gasteiger partial charge in [0.2, 0.25) is 0 Å². The molecule has 0 spiro atoms. The molecular formula is C14H21NO. The highest BCUT2D eigenvalue weighted by atomic mass is 16.3. The predicted octanol–water partition coefficient (Wildman–Crippen LogP) is 2.71. The second-order valence-electron chi connectivity index (χ2n) is 4.71. The highest BCUT2D eigenvalue weighted by molar-refractivity contribution is 5.31. The molecule has 88 valence electrons. The van der Waals surface area contributed by atoms with Crippen LogP contribution in [0.15, 0.2) is 24.3 Å². The van der Waals surface area contributed by atoms with Crippen LogP contribution in [-0.4, -0.2) is 18.2 Å². The van der Waals surface area contributed by atoms with Crippen LogP contribution in [0.5, 0.6) is 5.75 Å². The standard InChI is InChI=1S/C14H21NO/c16-14-7-2-1-5-13(14)6-3-4-12-8-10-15-11-9-12/h1-2,5,7,12,15-16H,3-4,6,8-11H2. The van der Waals surface area contributed by atoms with Crippen molar-refractivity contribution in [1.29, 1.82) is 0 Å². The van der Waals surface area contributed by atoms with Crippen molar-refractivity contribution in [2.75, 3.05) is 13.1 Å². The first kappa shape index (κ1) is 11.5. The summed E-state index contributed by atoms with van der Waals surface area (Å²) in [7, 11) is 0. The van der Waals surface area contributed by atoms with Gasteiger partial charge in [0.25, 0.3) is 0 Å². The summed E-state index contributed by atoms with van der Waals surface area (Å²) >= 11 is 0. The number of aromatic hydroxyl groups is 1. The third-order valence-corrected chi connectivity index (χ3v) is 3.51. The Kier molecular flexibility index (Phi) is 4.23. The Morgan fingerprint density at radius 3 is 2.69 bits per heavy atom. The highest BCUT2D eigenvalue weighted by Crippen LogP contribution is 2.22. The van der Waals surface area contributed by atoms with Gasteiger partial charge in [-0.05, 0) is 56.3 Å². The lowest BCUT2D eigenvalue weighted by Gasteiger charge is -2.22. The van der Waals surface area contributed by atoms with E-state index in [0.29, 0.717) is 5.75 Å². The lowest BCUT2D eigenvalue weighted by atomic mass is 9.91. The maximum atomic E-state index is 9.64. The van der Waals surface area contributed by atoms with Crippen LogP contribution in [0.4, 0.5) is 0 Å². The van der Waals surface area contributed by atoms with E-state index in [0.717, 1.165) is 17.9 Å². The van der Waals surface area contributed by atoms with Gasteiger partial charge in [0.15, 0.2) is 0 Å². The fraction of sp³-hybridized carbons (Fsp3) is 0.571. The van der Waals surface area contributed by atoms with Gasteiger partial charge in [0, 0.05) is 0 Å². The second-order valence-corrected chi connectivity index (χ2v) is 4.71. The van der Waals surface area contributed by atoms with Gasteiger partial charge in [0.1, 0.15) is 5.75 Å². The first-order valence-electron chi connectivity index (χ1n) is 6.34. The zero-order valence-electron chi connectivity index (χ0n) is 9.78. The predicted molar refractivity (Wildman–Crippen MR) is 66.6 cm³/mol. The Balaban J connectivity index is 1.73. The topological polar surface area (TPSA) is 32.3 Å². The highest BCUT2D eigenvalue weighted by Gasteiger charge is 2.12. The van der Waals surface area contributed by atoms with Crippen LogP contribution in [0.25, 0.3) is 0 Å². The Bertz CT molecular complexity index is 318. The van der Waals surface area contributed by atoms with Crippen LogP contribution in [0, 0.1) is 5.92 Å². The van der Waals surface area contributed by atoms with E-state index in [1.807, 2.05) is 18.2 Å². The molecule has 1 aromatic rings. The normalized spacial score (nSPS) is 17.5. The molecule has 2 N–H and O–H groups in total. The van der Waals surface area contributed by atoms with Gasteiger partial charge in [-0.1, -0.05) is 24.6 Å². The van der Waals surface area contributed by atoms with Crippen molar-refractivity contribution in [2.24, 2.45) is 5.92 Å². The zero-order valence-corrected chi connectivity index (χ0v) is 9.78. The number of rotatable bonds is 4. The molecule has 1 saturated heterocycles. The number of phenols is 1. The minimum Gasteiger partial charge on any atom is -0.508 e. The van der Waals surface area contributed by atoms with Gasteiger partial charge in [-0.15, -0.1) is 0 Å². The maximum Gasteiger partial charge on any atom is 0.118 e. The largest absolute Gasteiger partial charge is 0.508 e. The van der Waals surface area contributed by atoms with Crippen molar-refractivity contribution in [3.63, 3.8) is 0 Å². The summed E-state index contributed by atoms with van der Waals surface area (Å²) in [6.45, 7) is 2.36. The Morgan fingerprint density at radius 1 is 1.19 bits per heavy atom. The lowest BCUT2D eigenvalue weighted by molar-refractivity contribution is 0.346. The molecule has 0 atom stereocenters. The SMILES string of the molecule is Oc1ccccc1CCCC1CCNCC1. The van der Waals surface area contributed by atoms with Crippen LogP contribution >= 0.6 is 0 Å². The van der Waals surface area contributed by atoms with E-state index >= 15 is 0 Å². The monoisotopic (exact) mass is 219 g/mol. The fourth-order valence-electron chi connectivity index (χ4n) is 2.47. The molecule has 0 radical (unpaired) electrons. The van der Waals surface area contributed by atoms with Gasteiger partial charge < -0.3 is 10.4 Å². The molecule has 1 aliphatic heterocycles. The average Bonchev–Trinajstić information content (AvgIpc) is 2.33. The van der Waals surface area contributed by atoms with Crippen molar-refractivity contribution in [3.05, 3.63) is 29.8 Å². The number of piperidine rings is 1. The number of aryl methyl sites for hydroxylation is 1. The summed E-state index contributed by atoms with van der Waals surface area (Å²) in [5, 5.41) is 13.0. The van der Waals surface area contributed by atoms with Crippen molar-refractivity contribution in [3.8, 4) is 5.75 Å². The summed E-state index contributed by atoms with van der Waals surface area (Å²) in [6.07, 6.45) is 6.15. The van der Waals surface area contributed by atoms with Gasteiger partial charge in [-0.2, -0.15) is 0 Å². The Labute approximate surface area is 97.7 Å². The third kappa shape index (κ3) is 3.24. The number of hydrogen-bond acceptors (Lipinski definition) is 2. The van der Waals surface area contributed by atoms with Crippen molar-refractivity contribution >= 4 is 0 Å². The second kappa shape index (κ2) is 5.90. The molecule has 2 nitrogen and oxygen atoms in total. The smallest absolute Gasteiger partial charge is 0.118 e. The number of benzene rings is 1. The van der Waals surface area contributed by atoms with Gasteiger partial charge in [-0.25, -0.2) is 0 Å². The Hall–Kier alpha value is -1.02. The molecule has 0 saturated carbocycles. The molecule has 0 bridgehead atoms. The van der Waals surface area contributed by atoms with Crippen molar-refractivity contribution in [1.82, 2.24) is 5.32 Å². The molecular weight excluding hydrogens is 198 g/mol. The van der Waals surface area contributed by atoms with E-state index in [2.05, 4.69) is 5.32 Å². The van der Waals surface area contributed by atoms with E-state index in [9.17, 15) is 5.11 Å². The van der Waals surface area contributed by atoms with E-state index in [1.165, 1.54) is 38.8 Å². The quantitative estimate of drug-likeness (QED) is 0.816. The molecule has 0 aromatic heterocycles. The van der Waals surface area contributed by atoms with Crippen LogP contribution in [0.2, 0.25) is 0 Å². The molecule has 2 rings (SSSR count). The van der Waals surface area contributed by atoms with Gasteiger partial charge >= 0.3 is 0 Å². The summed E-state index contributed by atoms with van der Waals surface area (Å²) in [5.41, 5.74) is 1.09. The number of para-hydroxylation sites is 1. The van der Waals surface area contributed by atoms with E-state index < -0.39 is 0 Å². The fourth-order valence-corrected chi connectivity index (χ4v) is 2.47. The molecule has 0 aliphatic carbocycles. The summed E-state index contributed by atoms with van der Waals surface area (Å²) in [4.78, 5) is 0. The van der Waals surface area contributed by atoms with Crippen LogP contribution in [-0.2, 0) is 6.42 Å². The summed E-state index contributed by atoms with van der Waals surface area (Å²) < 4.78 is 0. The summed E-state index contributed by atoms with van der Waals surface area (Å²) in [6, 6.07) is 7.68. The van der Waals surface area contributed by atoms with Gasteiger partial charge in [-0.3, -0.25) is 0 Å². The Morgan fingerprint density at radius 2 is 1.94 bits per heavy atom. The van der Waals surface area contributed by atoms with Crippen LogP contribution in [0.3, 0.4) is 0 Å². The molecule has 0 amide bonds. The lowest BCUT2D eigenvalue weighted by Crippen LogP contribution is -2.27. The minimum atomic E-state index is 0.452. The molecule has 1 fully saturated rings.